The maximum absolute atomic E-state index is 13.0. The van der Waals surface area contributed by atoms with Crippen LogP contribution in [0.5, 0.6) is 0 Å². The van der Waals surface area contributed by atoms with Gasteiger partial charge < -0.3 is 35.5 Å². The van der Waals surface area contributed by atoms with Crippen molar-refractivity contribution < 1.29 is 24.9 Å². The first-order valence-corrected chi connectivity index (χ1v) is 11.7. The van der Waals surface area contributed by atoms with Crippen molar-refractivity contribution in [2.24, 2.45) is 11.8 Å². The molecular weight excluding hydrogens is 394 g/mol. The molecule has 2 saturated heterocycles. The lowest BCUT2D eigenvalue weighted by Crippen LogP contribution is -2.65. The molecule has 29 heavy (non-hydrogen) atoms. The van der Waals surface area contributed by atoms with E-state index < -0.39 is 35.9 Å². The lowest BCUT2D eigenvalue weighted by molar-refractivity contribution is -0.208. The van der Waals surface area contributed by atoms with E-state index in [1.165, 1.54) is 11.8 Å². The number of carbonyl (C=O) groups excluding carboxylic acids is 1. The quantitative estimate of drug-likeness (QED) is 0.280. The van der Waals surface area contributed by atoms with Crippen molar-refractivity contribution in [3.05, 3.63) is 11.4 Å². The predicted molar refractivity (Wildman–Crippen MR) is 112 cm³/mol. The highest BCUT2D eigenvalue weighted by Crippen LogP contribution is 2.30. The Bertz CT molecular complexity index is 571. The van der Waals surface area contributed by atoms with Crippen LogP contribution in [0.2, 0.25) is 0 Å². The number of aliphatic hydroxyl groups is 3. The molecule has 2 fully saturated rings. The minimum Gasteiger partial charge on any atom is -0.388 e. The number of hydrogen-bond acceptors (Lipinski definition) is 7. The van der Waals surface area contributed by atoms with Crippen LogP contribution in [0.3, 0.4) is 0 Å². The lowest BCUT2D eigenvalue weighted by atomic mass is 9.86. The fourth-order valence-electron chi connectivity index (χ4n) is 4.18. The standard InChI is InChI=1S/C20H35N3O5S/c1-11(2)14(18-16(25)15(24)17(26)20(28-18)29-4)23-19(27)13-10-12(7-9-22-13)6-5-8-21-3/h11-18,20,22,24-26H,5-10H2,1-2,4H3,(H,23,27)/t12-,13?,14-,15+,16-,17-,18-,20-/m1/s1. The van der Waals surface area contributed by atoms with Gasteiger partial charge in [-0.2, -0.15) is 0 Å². The Labute approximate surface area is 177 Å². The van der Waals surface area contributed by atoms with Gasteiger partial charge in [-0.25, -0.2) is 6.57 Å². The van der Waals surface area contributed by atoms with Gasteiger partial charge in [-0.15, -0.1) is 11.8 Å². The van der Waals surface area contributed by atoms with Gasteiger partial charge >= 0.3 is 0 Å². The van der Waals surface area contributed by atoms with E-state index in [1.807, 2.05) is 13.8 Å². The van der Waals surface area contributed by atoms with Gasteiger partial charge in [-0.1, -0.05) is 13.8 Å². The first kappa shape index (κ1) is 24.4. The molecule has 2 aliphatic rings. The number of thioether (sulfide) groups is 1. The van der Waals surface area contributed by atoms with E-state index in [0.29, 0.717) is 12.5 Å². The fourth-order valence-corrected chi connectivity index (χ4v) is 4.85. The smallest absolute Gasteiger partial charge is 0.237 e. The van der Waals surface area contributed by atoms with E-state index in [-0.39, 0.29) is 17.9 Å². The molecule has 166 valence electrons. The van der Waals surface area contributed by atoms with Gasteiger partial charge in [-0.05, 0) is 43.9 Å². The molecule has 2 heterocycles. The first-order chi connectivity index (χ1) is 13.8. The zero-order valence-electron chi connectivity index (χ0n) is 17.5. The van der Waals surface area contributed by atoms with Crippen LogP contribution in [-0.2, 0) is 9.53 Å². The van der Waals surface area contributed by atoms with Crippen molar-refractivity contribution in [1.29, 1.82) is 0 Å². The topological polar surface area (TPSA) is 115 Å². The van der Waals surface area contributed by atoms with Crippen molar-refractivity contribution in [1.82, 2.24) is 10.6 Å². The summed E-state index contributed by atoms with van der Waals surface area (Å²) in [7, 11) is 0. The largest absolute Gasteiger partial charge is 0.388 e. The number of hydrogen-bond donors (Lipinski definition) is 5. The molecule has 0 aromatic rings. The maximum atomic E-state index is 13.0. The summed E-state index contributed by atoms with van der Waals surface area (Å²) in [4.78, 5) is 16.4. The Hall–Kier alpha value is -0.890. The zero-order chi connectivity index (χ0) is 21.6. The van der Waals surface area contributed by atoms with Gasteiger partial charge in [0.1, 0.15) is 29.9 Å². The summed E-state index contributed by atoms with van der Waals surface area (Å²) in [6.07, 6.45) is 0.672. The van der Waals surface area contributed by atoms with Gasteiger partial charge in [0, 0.05) is 6.42 Å². The summed E-state index contributed by atoms with van der Waals surface area (Å²) >= 11 is 1.26. The molecule has 8 nitrogen and oxygen atoms in total. The van der Waals surface area contributed by atoms with Gasteiger partial charge in [-0.3, -0.25) is 4.79 Å². The Morgan fingerprint density at radius 2 is 2.03 bits per heavy atom. The molecule has 1 amide bonds. The summed E-state index contributed by atoms with van der Waals surface area (Å²) in [5, 5.41) is 37.1. The fraction of sp³-hybridized carbons (Fsp3) is 0.900. The van der Waals surface area contributed by atoms with Crippen molar-refractivity contribution in [2.75, 3.05) is 19.3 Å². The van der Waals surface area contributed by atoms with Crippen molar-refractivity contribution in [3.63, 3.8) is 0 Å². The Balaban J connectivity index is 2.02. The lowest BCUT2D eigenvalue weighted by Gasteiger charge is -2.44. The highest BCUT2D eigenvalue weighted by atomic mass is 32.2. The van der Waals surface area contributed by atoms with Crippen molar-refractivity contribution >= 4 is 17.7 Å². The predicted octanol–water partition coefficient (Wildman–Crippen LogP) is 0.365. The van der Waals surface area contributed by atoms with E-state index in [1.54, 1.807) is 6.26 Å². The molecule has 0 saturated carbocycles. The molecule has 0 aromatic heterocycles. The molecule has 8 atom stereocenters. The molecule has 0 bridgehead atoms. The van der Waals surface area contributed by atoms with Crippen LogP contribution in [-0.4, -0.2) is 82.5 Å². The second kappa shape index (κ2) is 11.5. The van der Waals surface area contributed by atoms with Crippen LogP contribution >= 0.6 is 11.8 Å². The minimum absolute atomic E-state index is 0.0402. The van der Waals surface area contributed by atoms with Crippen LogP contribution in [0.4, 0.5) is 0 Å². The van der Waals surface area contributed by atoms with Gasteiger partial charge in [0.25, 0.3) is 0 Å². The molecule has 9 heteroatoms. The second-order valence-corrected chi connectivity index (χ2v) is 9.31. The molecule has 0 radical (unpaired) electrons. The normalized spacial score (nSPS) is 36.4. The molecular formula is C20H35N3O5S. The number of ether oxygens (including phenoxy) is 1. The van der Waals surface area contributed by atoms with E-state index in [4.69, 9.17) is 11.3 Å². The van der Waals surface area contributed by atoms with Crippen LogP contribution in [0.1, 0.15) is 39.5 Å². The van der Waals surface area contributed by atoms with Crippen molar-refractivity contribution in [3.8, 4) is 0 Å². The molecule has 0 spiro atoms. The number of nitrogens with zero attached hydrogens (tertiary/aromatic N) is 1. The van der Waals surface area contributed by atoms with Crippen LogP contribution in [0, 0.1) is 18.4 Å². The number of amides is 1. The highest BCUT2D eigenvalue weighted by molar-refractivity contribution is 7.99. The third-order valence-corrected chi connectivity index (χ3v) is 6.79. The van der Waals surface area contributed by atoms with Gasteiger partial charge in [0.05, 0.1) is 12.1 Å². The molecule has 2 rings (SSSR count). The number of carbonyl (C=O) groups is 1. The number of nitrogens with one attached hydrogen (secondary N) is 2. The first-order valence-electron chi connectivity index (χ1n) is 10.4. The number of piperidine rings is 1. The van der Waals surface area contributed by atoms with Crippen LogP contribution in [0.15, 0.2) is 0 Å². The molecule has 2 aliphatic heterocycles. The number of rotatable bonds is 8. The molecule has 5 N–H and O–H groups in total. The molecule has 1 unspecified atom stereocenters. The molecule has 0 aromatic carbocycles. The van der Waals surface area contributed by atoms with Gasteiger partial charge in [0.2, 0.25) is 12.5 Å². The Kier molecular flexibility index (Phi) is 9.66. The zero-order valence-corrected chi connectivity index (χ0v) is 18.3. The van der Waals surface area contributed by atoms with E-state index in [2.05, 4.69) is 15.5 Å². The Morgan fingerprint density at radius 1 is 1.31 bits per heavy atom. The van der Waals surface area contributed by atoms with E-state index in [9.17, 15) is 20.1 Å². The molecule has 0 aliphatic carbocycles. The van der Waals surface area contributed by atoms with E-state index >= 15 is 0 Å². The monoisotopic (exact) mass is 429 g/mol. The number of aliphatic hydroxyl groups excluding tert-OH is 3. The van der Waals surface area contributed by atoms with Gasteiger partial charge in [0.15, 0.2) is 0 Å². The summed E-state index contributed by atoms with van der Waals surface area (Å²) in [5.41, 5.74) is -0.670. The van der Waals surface area contributed by atoms with Crippen molar-refractivity contribution in [2.45, 2.75) is 81.5 Å². The summed E-state index contributed by atoms with van der Waals surface area (Å²) in [5.74, 6) is 0.234. The summed E-state index contributed by atoms with van der Waals surface area (Å²) in [6.45, 7) is 12.0. The summed E-state index contributed by atoms with van der Waals surface area (Å²) in [6, 6.07) is -0.825. The van der Waals surface area contributed by atoms with Crippen LogP contribution in [0.25, 0.3) is 4.85 Å². The highest BCUT2D eigenvalue weighted by Gasteiger charge is 2.47. The van der Waals surface area contributed by atoms with E-state index in [0.717, 1.165) is 32.2 Å². The average Bonchev–Trinajstić information content (AvgIpc) is 2.71. The maximum Gasteiger partial charge on any atom is 0.237 e. The summed E-state index contributed by atoms with van der Waals surface area (Å²) < 4.78 is 5.87. The third-order valence-electron chi connectivity index (χ3n) is 5.93. The third kappa shape index (κ3) is 6.29. The minimum atomic E-state index is -1.33. The van der Waals surface area contributed by atoms with Crippen LogP contribution < -0.4 is 10.6 Å². The SMILES string of the molecule is [C-]#[N+]CCC[C@@H]1CCNC(C(=O)N[C@H](C(C)C)[C@H]2O[C@H](SC)[C@H](O)[C@@H](O)[C@H]2O)C1. The Morgan fingerprint density at radius 3 is 2.66 bits per heavy atom. The average molecular weight is 430 g/mol. The second-order valence-electron chi connectivity index (χ2n) is 8.38.